The molecule has 1 saturated heterocycles. The first kappa shape index (κ1) is 18.2. The fourth-order valence-electron chi connectivity index (χ4n) is 3.38. The minimum Gasteiger partial charge on any atom is -0.329 e. The number of carbonyl (C=O) groups excluding carboxylic acids is 2. The summed E-state index contributed by atoms with van der Waals surface area (Å²) in [6, 6.07) is 17.4. The van der Waals surface area contributed by atoms with Crippen LogP contribution in [0.3, 0.4) is 0 Å². The van der Waals surface area contributed by atoms with Gasteiger partial charge in [0.25, 0.3) is 0 Å². The molecule has 136 valence electrons. The highest BCUT2D eigenvalue weighted by molar-refractivity contribution is 6.00. The van der Waals surface area contributed by atoms with Gasteiger partial charge in [-0.15, -0.1) is 0 Å². The third-order valence-electron chi connectivity index (χ3n) is 5.05. The molecule has 2 aromatic rings. The Balaban J connectivity index is 1.69. The Hall–Kier alpha value is -2.62. The van der Waals surface area contributed by atoms with Crippen LogP contribution in [0.1, 0.15) is 37.8 Å². The Morgan fingerprint density at radius 2 is 1.69 bits per heavy atom. The molecule has 0 saturated carbocycles. The number of piperazine rings is 1. The van der Waals surface area contributed by atoms with Crippen molar-refractivity contribution in [1.29, 1.82) is 0 Å². The number of amides is 2. The molecule has 4 nitrogen and oxygen atoms in total. The van der Waals surface area contributed by atoms with Gasteiger partial charge in [0.1, 0.15) is 6.04 Å². The van der Waals surface area contributed by atoms with Crippen molar-refractivity contribution in [2.75, 3.05) is 18.0 Å². The van der Waals surface area contributed by atoms with Crippen molar-refractivity contribution in [3.63, 3.8) is 0 Å². The second-order valence-electron chi connectivity index (χ2n) is 7.16. The molecule has 3 rings (SSSR count). The van der Waals surface area contributed by atoms with Gasteiger partial charge in [-0.3, -0.25) is 9.59 Å². The van der Waals surface area contributed by atoms with E-state index in [9.17, 15) is 9.59 Å². The van der Waals surface area contributed by atoms with E-state index in [1.54, 1.807) is 9.80 Å². The fourth-order valence-corrected chi connectivity index (χ4v) is 3.38. The molecule has 0 aromatic heterocycles. The number of nitrogens with zero attached hydrogens (tertiary/aromatic N) is 2. The summed E-state index contributed by atoms with van der Waals surface area (Å²) in [5, 5.41) is 0. The van der Waals surface area contributed by atoms with Gasteiger partial charge in [0.15, 0.2) is 0 Å². The van der Waals surface area contributed by atoms with Gasteiger partial charge in [-0.2, -0.15) is 0 Å². The molecule has 0 aliphatic carbocycles. The molecule has 2 aromatic carbocycles. The maximum absolute atomic E-state index is 12.8. The largest absolute Gasteiger partial charge is 0.329 e. The zero-order valence-electron chi connectivity index (χ0n) is 15.7. The molecule has 1 unspecified atom stereocenters. The highest BCUT2D eigenvalue weighted by Gasteiger charge is 2.34. The Morgan fingerprint density at radius 3 is 2.31 bits per heavy atom. The Bertz CT molecular complexity index is 768. The van der Waals surface area contributed by atoms with E-state index in [1.807, 2.05) is 49.4 Å². The summed E-state index contributed by atoms with van der Waals surface area (Å²) in [6.07, 6.45) is 0.335. The lowest BCUT2D eigenvalue weighted by Crippen LogP contribution is -2.58. The van der Waals surface area contributed by atoms with E-state index < -0.39 is 6.04 Å². The maximum atomic E-state index is 12.8. The summed E-state index contributed by atoms with van der Waals surface area (Å²) in [5.74, 6) is 0.452. The molecule has 0 N–H and O–H groups in total. The van der Waals surface area contributed by atoms with Crippen LogP contribution in [-0.4, -0.2) is 35.8 Å². The zero-order chi connectivity index (χ0) is 18.7. The van der Waals surface area contributed by atoms with Gasteiger partial charge in [-0.25, -0.2) is 0 Å². The lowest BCUT2D eigenvalue weighted by Gasteiger charge is -2.39. The van der Waals surface area contributed by atoms with Gasteiger partial charge in [-0.05, 0) is 36.1 Å². The number of hydrogen-bond donors (Lipinski definition) is 0. The van der Waals surface area contributed by atoms with Crippen molar-refractivity contribution in [2.24, 2.45) is 0 Å². The molecular formula is C22H26N2O2. The third kappa shape index (κ3) is 3.79. The van der Waals surface area contributed by atoms with E-state index in [0.29, 0.717) is 25.4 Å². The normalized spacial score (nSPS) is 17.7. The molecule has 1 fully saturated rings. The minimum atomic E-state index is -0.440. The molecular weight excluding hydrogens is 324 g/mol. The summed E-state index contributed by atoms with van der Waals surface area (Å²) < 4.78 is 0. The molecule has 0 spiro atoms. The molecule has 0 radical (unpaired) electrons. The monoisotopic (exact) mass is 350 g/mol. The third-order valence-corrected chi connectivity index (χ3v) is 5.05. The van der Waals surface area contributed by atoms with Gasteiger partial charge in [0, 0.05) is 18.8 Å². The van der Waals surface area contributed by atoms with E-state index in [0.717, 1.165) is 11.3 Å². The fraction of sp³-hybridized carbons (Fsp3) is 0.364. The van der Waals surface area contributed by atoms with Crippen LogP contribution < -0.4 is 4.90 Å². The Labute approximate surface area is 155 Å². The van der Waals surface area contributed by atoms with Crippen LogP contribution in [0.25, 0.3) is 0 Å². The quantitative estimate of drug-likeness (QED) is 0.845. The van der Waals surface area contributed by atoms with E-state index in [2.05, 4.69) is 26.0 Å². The molecule has 4 heteroatoms. The van der Waals surface area contributed by atoms with Crippen LogP contribution in [0.5, 0.6) is 0 Å². The van der Waals surface area contributed by atoms with Crippen LogP contribution >= 0.6 is 0 Å². The first-order chi connectivity index (χ1) is 12.5. The smallest absolute Gasteiger partial charge is 0.249 e. The van der Waals surface area contributed by atoms with E-state index in [-0.39, 0.29) is 11.8 Å². The Morgan fingerprint density at radius 1 is 1.04 bits per heavy atom. The molecule has 2 amide bonds. The molecule has 1 aliphatic rings. The van der Waals surface area contributed by atoms with Crippen molar-refractivity contribution in [1.82, 2.24) is 4.90 Å². The van der Waals surface area contributed by atoms with Crippen molar-refractivity contribution in [2.45, 2.75) is 39.2 Å². The first-order valence-electron chi connectivity index (χ1n) is 9.22. The van der Waals surface area contributed by atoms with Crippen molar-refractivity contribution >= 4 is 17.5 Å². The van der Waals surface area contributed by atoms with Crippen molar-refractivity contribution in [3.8, 4) is 0 Å². The highest BCUT2D eigenvalue weighted by atomic mass is 16.2. The molecule has 0 bridgehead atoms. The van der Waals surface area contributed by atoms with Crippen LogP contribution in [0.15, 0.2) is 54.6 Å². The standard InChI is InChI=1S/C22H26N2O2/c1-16(2)19-9-11-20(12-10-19)24-14-13-23(17(3)22(24)26)21(25)15-18-7-5-4-6-8-18/h4-12,16-17H,13-15H2,1-3H3. The summed E-state index contributed by atoms with van der Waals surface area (Å²) in [6.45, 7) is 7.22. The summed E-state index contributed by atoms with van der Waals surface area (Å²) in [5.41, 5.74) is 3.14. The lowest BCUT2D eigenvalue weighted by molar-refractivity contribution is -0.140. The number of benzene rings is 2. The number of rotatable bonds is 4. The predicted octanol–water partition coefficient (Wildman–Crippen LogP) is 3.62. The summed E-state index contributed by atoms with van der Waals surface area (Å²) in [7, 11) is 0. The second kappa shape index (κ2) is 7.73. The maximum Gasteiger partial charge on any atom is 0.249 e. The predicted molar refractivity (Wildman–Crippen MR) is 104 cm³/mol. The van der Waals surface area contributed by atoms with Crippen LogP contribution in [0, 0.1) is 0 Å². The molecule has 1 heterocycles. The summed E-state index contributed by atoms with van der Waals surface area (Å²) in [4.78, 5) is 29.0. The van der Waals surface area contributed by atoms with Crippen LogP contribution in [0.4, 0.5) is 5.69 Å². The zero-order valence-corrected chi connectivity index (χ0v) is 15.7. The van der Waals surface area contributed by atoms with Gasteiger partial charge in [0.05, 0.1) is 6.42 Å². The number of hydrogen-bond acceptors (Lipinski definition) is 2. The Kier molecular flexibility index (Phi) is 5.40. The van der Waals surface area contributed by atoms with E-state index in [4.69, 9.17) is 0 Å². The van der Waals surface area contributed by atoms with Gasteiger partial charge in [-0.1, -0.05) is 56.3 Å². The number of anilines is 1. The SMILES string of the molecule is CC(C)c1ccc(N2CCN(C(=O)Cc3ccccc3)C(C)C2=O)cc1. The lowest BCUT2D eigenvalue weighted by atomic mass is 10.0. The van der Waals surface area contributed by atoms with Crippen LogP contribution in [-0.2, 0) is 16.0 Å². The van der Waals surface area contributed by atoms with E-state index in [1.165, 1.54) is 5.56 Å². The molecule has 26 heavy (non-hydrogen) atoms. The second-order valence-corrected chi connectivity index (χ2v) is 7.16. The van der Waals surface area contributed by atoms with Crippen molar-refractivity contribution in [3.05, 3.63) is 65.7 Å². The molecule has 1 atom stereocenters. The van der Waals surface area contributed by atoms with Gasteiger partial charge < -0.3 is 9.80 Å². The summed E-state index contributed by atoms with van der Waals surface area (Å²) >= 11 is 0. The topological polar surface area (TPSA) is 40.6 Å². The first-order valence-corrected chi connectivity index (χ1v) is 9.22. The van der Waals surface area contributed by atoms with Gasteiger partial charge in [0.2, 0.25) is 11.8 Å². The van der Waals surface area contributed by atoms with Crippen molar-refractivity contribution < 1.29 is 9.59 Å². The number of carbonyl (C=O) groups is 2. The average molecular weight is 350 g/mol. The van der Waals surface area contributed by atoms with Crippen LogP contribution in [0.2, 0.25) is 0 Å². The minimum absolute atomic E-state index is 0.00635. The van der Waals surface area contributed by atoms with E-state index >= 15 is 0 Å². The average Bonchev–Trinajstić information content (AvgIpc) is 2.64. The molecule has 1 aliphatic heterocycles. The van der Waals surface area contributed by atoms with Gasteiger partial charge >= 0.3 is 0 Å². The highest BCUT2D eigenvalue weighted by Crippen LogP contribution is 2.24.